The molecule has 0 aromatic heterocycles. The summed E-state index contributed by atoms with van der Waals surface area (Å²) in [5.74, 6) is -0.811. The normalized spacial score (nSPS) is 10.5. The predicted molar refractivity (Wildman–Crippen MR) is 76.9 cm³/mol. The number of primary amides is 1. The van der Waals surface area contributed by atoms with Gasteiger partial charge < -0.3 is 11.1 Å². The van der Waals surface area contributed by atoms with Crippen LogP contribution in [-0.2, 0) is 13.1 Å². The van der Waals surface area contributed by atoms with Gasteiger partial charge in [0.2, 0.25) is 5.91 Å². The van der Waals surface area contributed by atoms with E-state index in [1.807, 2.05) is 6.07 Å². The standard InChI is InChI=1S/C15H14ClFN2O/c16-13-5-11(6-14(17)7-13)9-19-8-10-2-1-3-12(4-10)15(18)20/h1-7,19H,8-9H2,(H2,18,20). The predicted octanol–water partition coefficient (Wildman–Crippen LogP) is 2.87. The van der Waals surface area contributed by atoms with Crippen LogP contribution in [0.15, 0.2) is 42.5 Å². The molecular formula is C15H14ClFN2O. The number of amides is 1. The molecule has 0 unspecified atom stereocenters. The first-order valence-electron chi connectivity index (χ1n) is 6.09. The van der Waals surface area contributed by atoms with Crippen LogP contribution >= 0.6 is 11.6 Å². The van der Waals surface area contributed by atoms with Crippen molar-refractivity contribution in [2.75, 3.05) is 0 Å². The van der Waals surface area contributed by atoms with Crippen LogP contribution in [0.25, 0.3) is 0 Å². The smallest absolute Gasteiger partial charge is 0.248 e. The summed E-state index contributed by atoms with van der Waals surface area (Å²) in [5, 5.41) is 3.53. The molecule has 0 heterocycles. The number of nitrogens with two attached hydrogens (primary N) is 1. The van der Waals surface area contributed by atoms with Gasteiger partial charge in [0, 0.05) is 23.7 Å². The zero-order valence-electron chi connectivity index (χ0n) is 10.7. The molecular weight excluding hydrogens is 279 g/mol. The molecule has 0 saturated carbocycles. The van der Waals surface area contributed by atoms with Crippen molar-refractivity contribution in [3.05, 3.63) is 70.0 Å². The Hall–Kier alpha value is -1.91. The van der Waals surface area contributed by atoms with Crippen molar-refractivity contribution in [3.8, 4) is 0 Å². The van der Waals surface area contributed by atoms with Crippen molar-refractivity contribution in [1.29, 1.82) is 0 Å². The molecule has 0 saturated heterocycles. The number of halogens is 2. The van der Waals surface area contributed by atoms with Gasteiger partial charge in [-0.2, -0.15) is 0 Å². The number of hydrogen-bond acceptors (Lipinski definition) is 2. The minimum Gasteiger partial charge on any atom is -0.366 e. The van der Waals surface area contributed by atoms with E-state index in [-0.39, 0.29) is 5.82 Å². The van der Waals surface area contributed by atoms with Crippen LogP contribution in [0.2, 0.25) is 5.02 Å². The Bertz CT molecular complexity index is 611. The van der Waals surface area contributed by atoms with E-state index in [4.69, 9.17) is 17.3 Å². The largest absolute Gasteiger partial charge is 0.366 e. The molecule has 0 spiro atoms. The monoisotopic (exact) mass is 292 g/mol. The van der Waals surface area contributed by atoms with Gasteiger partial charge >= 0.3 is 0 Å². The van der Waals surface area contributed by atoms with E-state index < -0.39 is 5.91 Å². The summed E-state index contributed by atoms with van der Waals surface area (Å²) < 4.78 is 13.2. The van der Waals surface area contributed by atoms with Crippen LogP contribution in [-0.4, -0.2) is 5.91 Å². The summed E-state index contributed by atoms with van der Waals surface area (Å²) in [7, 11) is 0. The van der Waals surface area contributed by atoms with Crippen molar-refractivity contribution in [2.24, 2.45) is 5.73 Å². The molecule has 0 aliphatic heterocycles. The van der Waals surface area contributed by atoms with Gasteiger partial charge in [0.1, 0.15) is 5.82 Å². The number of carbonyl (C=O) groups is 1. The summed E-state index contributed by atoms with van der Waals surface area (Å²) >= 11 is 5.78. The first kappa shape index (κ1) is 14.5. The summed E-state index contributed by atoms with van der Waals surface area (Å²) in [4.78, 5) is 11.1. The Morgan fingerprint density at radius 1 is 1.15 bits per heavy atom. The number of nitrogens with one attached hydrogen (secondary N) is 1. The van der Waals surface area contributed by atoms with E-state index in [2.05, 4.69) is 5.32 Å². The summed E-state index contributed by atoms with van der Waals surface area (Å²) in [6, 6.07) is 11.5. The Labute approximate surface area is 121 Å². The third-order valence-electron chi connectivity index (χ3n) is 2.79. The first-order chi connectivity index (χ1) is 9.54. The van der Waals surface area contributed by atoms with E-state index in [0.717, 1.165) is 11.1 Å². The Morgan fingerprint density at radius 3 is 2.60 bits per heavy atom. The van der Waals surface area contributed by atoms with Gasteiger partial charge in [0.15, 0.2) is 0 Å². The first-order valence-corrected chi connectivity index (χ1v) is 6.47. The van der Waals surface area contributed by atoms with Gasteiger partial charge in [-0.15, -0.1) is 0 Å². The highest BCUT2D eigenvalue weighted by Crippen LogP contribution is 2.14. The molecule has 3 N–H and O–H groups in total. The van der Waals surface area contributed by atoms with Crippen LogP contribution in [0.3, 0.4) is 0 Å². The molecule has 3 nitrogen and oxygen atoms in total. The minimum absolute atomic E-state index is 0.356. The number of benzene rings is 2. The fourth-order valence-corrected chi connectivity index (χ4v) is 2.14. The molecule has 0 atom stereocenters. The van der Waals surface area contributed by atoms with Crippen molar-refractivity contribution in [3.63, 3.8) is 0 Å². The van der Waals surface area contributed by atoms with Crippen molar-refractivity contribution in [2.45, 2.75) is 13.1 Å². The van der Waals surface area contributed by atoms with E-state index in [0.29, 0.717) is 23.7 Å². The zero-order chi connectivity index (χ0) is 14.5. The lowest BCUT2D eigenvalue weighted by Gasteiger charge is -2.07. The second kappa shape index (κ2) is 6.50. The van der Waals surface area contributed by atoms with E-state index >= 15 is 0 Å². The van der Waals surface area contributed by atoms with Crippen molar-refractivity contribution in [1.82, 2.24) is 5.32 Å². The molecule has 2 rings (SSSR count). The van der Waals surface area contributed by atoms with Gasteiger partial charge in [0.05, 0.1) is 0 Å². The van der Waals surface area contributed by atoms with E-state index in [9.17, 15) is 9.18 Å². The van der Waals surface area contributed by atoms with Crippen molar-refractivity contribution >= 4 is 17.5 Å². The van der Waals surface area contributed by atoms with Crippen LogP contribution in [0, 0.1) is 5.82 Å². The number of rotatable bonds is 5. The molecule has 1 amide bonds. The summed E-state index contributed by atoms with van der Waals surface area (Å²) in [6.07, 6.45) is 0. The third kappa shape index (κ3) is 4.05. The molecule has 2 aromatic carbocycles. The molecule has 104 valence electrons. The highest BCUT2D eigenvalue weighted by atomic mass is 35.5. The second-order valence-electron chi connectivity index (χ2n) is 4.45. The number of hydrogen-bond donors (Lipinski definition) is 2. The molecule has 0 bridgehead atoms. The molecule has 0 aliphatic rings. The Kier molecular flexibility index (Phi) is 4.71. The lowest BCUT2D eigenvalue weighted by Crippen LogP contribution is -2.15. The minimum atomic E-state index is -0.455. The fourth-order valence-electron chi connectivity index (χ4n) is 1.90. The maximum absolute atomic E-state index is 13.2. The Balaban J connectivity index is 1.95. The maximum atomic E-state index is 13.2. The quantitative estimate of drug-likeness (QED) is 0.890. The maximum Gasteiger partial charge on any atom is 0.248 e. The lowest BCUT2D eigenvalue weighted by atomic mass is 10.1. The van der Waals surface area contributed by atoms with Gasteiger partial charge in [-0.3, -0.25) is 4.79 Å². The number of carbonyl (C=O) groups excluding carboxylic acids is 1. The molecule has 20 heavy (non-hydrogen) atoms. The highest BCUT2D eigenvalue weighted by Gasteiger charge is 2.02. The van der Waals surface area contributed by atoms with Crippen molar-refractivity contribution < 1.29 is 9.18 Å². The fraction of sp³-hybridized carbons (Fsp3) is 0.133. The van der Waals surface area contributed by atoms with E-state index in [1.54, 1.807) is 24.3 Å². The second-order valence-corrected chi connectivity index (χ2v) is 4.88. The summed E-state index contributed by atoms with van der Waals surface area (Å²) in [6.45, 7) is 1.04. The molecule has 2 aromatic rings. The van der Waals surface area contributed by atoms with Gasteiger partial charge in [-0.05, 0) is 41.5 Å². The molecule has 0 radical (unpaired) electrons. The highest BCUT2D eigenvalue weighted by molar-refractivity contribution is 6.30. The average molecular weight is 293 g/mol. The van der Waals surface area contributed by atoms with Crippen LogP contribution in [0.1, 0.15) is 21.5 Å². The third-order valence-corrected chi connectivity index (χ3v) is 3.01. The van der Waals surface area contributed by atoms with Gasteiger partial charge in [-0.25, -0.2) is 4.39 Å². The van der Waals surface area contributed by atoms with Crippen LogP contribution in [0.4, 0.5) is 4.39 Å². The van der Waals surface area contributed by atoms with Gasteiger partial charge in [-0.1, -0.05) is 23.7 Å². The Morgan fingerprint density at radius 2 is 1.90 bits per heavy atom. The lowest BCUT2D eigenvalue weighted by molar-refractivity contribution is 0.1000. The molecule has 5 heteroatoms. The van der Waals surface area contributed by atoms with Crippen LogP contribution in [0.5, 0.6) is 0 Å². The SMILES string of the molecule is NC(=O)c1cccc(CNCc2cc(F)cc(Cl)c2)c1. The molecule has 0 aliphatic carbocycles. The van der Waals surface area contributed by atoms with E-state index in [1.165, 1.54) is 12.1 Å². The zero-order valence-corrected chi connectivity index (χ0v) is 11.5. The molecule has 0 fully saturated rings. The average Bonchev–Trinajstić information content (AvgIpc) is 2.38. The van der Waals surface area contributed by atoms with Gasteiger partial charge in [0.25, 0.3) is 0 Å². The topological polar surface area (TPSA) is 55.1 Å². The van der Waals surface area contributed by atoms with Crippen LogP contribution < -0.4 is 11.1 Å². The summed E-state index contributed by atoms with van der Waals surface area (Å²) in [5.41, 5.74) is 7.39.